The summed E-state index contributed by atoms with van der Waals surface area (Å²) < 4.78 is 75.2. The molecule has 0 bridgehead atoms. The van der Waals surface area contributed by atoms with Crippen molar-refractivity contribution < 1.29 is 45.9 Å². The van der Waals surface area contributed by atoms with Crippen LogP contribution in [0.2, 0.25) is 0 Å². The van der Waals surface area contributed by atoms with E-state index in [9.17, 15) is 18.0 Å². The van der Waals surface area contributed by atoms with Crippen LogP contribution in [0.1, 0.15) is 59.3 Å². The molecule has 5 rings (SSSR count). The Morgan fingerprint density at radius 2 is 1.73 bits per heavy atom. The highest BCUT2D eigenvalue weighted by atomic mass is 19.4. The van der Waals surface area contributed by atoms with Gasteiger partial charge in [0.2, 0.25) is 5.82 Å². The number of aromatic nitrogens is 2. The zero-order valence-electron chi connectivity index (χ0n) is 25.3. The van der Waals surface area contributed by atoms with Gasteiger partial charge in [-0.15, -0.1) is 0 Å². The van der Waals surface area contributed by atoms with Gasteiger partial charge in [-0.2, -0.15) is 18.2 Å². The fourth-order valence-corrected chi connectivity index (χ4v) is 4.55. The van der Waals surface area contributed by atoms with Crippen molar-refractivity contribution in [2.45, 2.75) is 71.1 Å². The predicted molar refractivity (Wildman–Crippen MR) is 153 cm³/mol. The number of nitrogens with one attached hydrogen (secondary N) is 1. The molecule has 2 aromatic heterocycles. The predicted octanol–water partition coefficient (Wildman–Crippen LogP) is 7.46. The lowest BCUT2D eigenvalue weighted by atomic mass is 9.96. The van der Waals surface area contributed by atoms with E-state index in [2.05, 4.69) is 15.5 Å². The Labute approximate surface area is 251 Å². The van der Waals surface area contributed by atoms with Gasteiger partial charge in [-0.1, -0.05) is 12.1 Å². The molecule has 4 aromatic rings. The highest BCUT2D eigenvalue weighted by molar-refractivity contribution is 5.83. The first-order chi connectivity index (χ1) is 20.6. The summed E-state index contributed by atoms with van der Waals surface area (Å²) in [5.74, 6) is -0.666. The molecule has 1 saturated heterocycles. The highest BCUT2D eigenvalue weighted by Crippen LogP contribution is 2.40. The van der Waals surface area contributed by atoms with Gasteiger partial charge in [-0.3, -0.25) is 0 Å². The maximum absolute atomic E-state index is 13.7. The van der Waals surface area contributed by atoms with E-state index in [0.29, 0.717) is 28.7 Å². The summed E-state index contributed by atoms with van der Waals surface area (Å²) in [6, 6.07) is 10.5. The van der Waals surface area contributed by atoms with Gasteiger partial charge in [0.15, 0.2) is 5.79 Å². The fourth-order valence-electron chi connectivity index (χ4n) is 4.55. The lowest BCUT2D eigenvalue weighted by molar-refractivity contribution is -0.274. The minimum atomic E-state index is -4.63. The fraction of sp³-hybridized carbons (Fsp3) is 0.452. The number of rotatable bonds is 7. The number of alkyl carbamates (subject to hydrolysis) is 1. The van der Waals surface area contributed by atoms with Gasteiger partial charge < -0.3 is 33.2 Å². The number of fused-ring (bicyclic) bond motifs is 1. The molecule has 236 valence electrons. The van der Waals surface area contributed by atoms with Crippen molar-refractivity contribution in [2.75, 3.05) is 19.8 Å². The SMILES string of the molecule is CCCOc1ccc(-c2nc(-c3ccc4oc(C5(NC(=O)OC(C)(C)C)COC(C)(C)OC5)cc4c3)no2)cc1C(F)(F)F. The number of amides is 1. The van der Waals surface area contributed by atoms with E-state index in [1.807, 2.05) is 6.92 Å². The number of benzene rings is 2. The van der Waals surface area contributed by atoms with Crippen molar-refractivity contribution in [3.8, 4) is 28.6 Å². The van der Waals surface area contributed by atoms with Crippen molar-refractivity contribution in [2.24, 2.45) is 0 Å². The molecule has 0 aliphatic carbocycles. The van der Waals surface area contributed by atoms with Crippen LogP contribution in [0.3, 0.4) is 0 Å². The van der Waals surface area contributed by atoms with E-state index in [1.165, 1.54) is 12.1 Å². The molecule has 0 atom stereocenters. The van der Waals surface area contributed by atoms with Crippen molar-refractivity contribution in [1.29, 1.82) is 0 Å². The molecule has 1 N–H and O–H groups in total. The highest BCUT2D eigenvalue weighted by Gasteiger charge is 2.46. The third-order valence-electron chi connectivity index (χ3n) is 6.74. The number of hydrogen-bond donors (Lipinski definition) is 1. The number of hydrogen-bond acceptors (Lipinski definition) is 9. The molecule has 1 aliphatic heterocycles. The van der Waals surface area contributed by atoms with E-state index in [1.54, 1.807) is 58.9 Å². The molecule has 1 amide bonds. The lowest BCUT2D eigenvalue weighted by Gasteiger charge is -2.42. The average molecular weight is 618 g/mol. The van der Waals surface area contributed by atoms with Gasteiger partial charge in [0.25, 0.3) is 5.89 Å². The van der Waals surface area contributed by atoms with Crippen LogP contribution in [0, 0.1) is 0 Å². The standard InChI is InChI=1S/C31H34F3N3O7/c1-7-12-39-23-11-9-19(14-21(23)31(32,33)34)26-35-25(37-44-26)18-8-10-22-20(13-18)15-24(42-22)30(16-40-29(5,6)41-17-30)36-27(38)43-28(2,3)4/h8-11,13-15H,7,12,16-17H2,1-6H3,(H,36,38). The molecule has 2 aromatic carbocycles. The van der Waals surface area contributed by atoms with Gasteiger partial charge in [0, 0.05) is 16.5 Å². The molecule has 13 heteroatoms. The molecule has 0 saturated carbocycles. The number of halogens is 3. The van der Waals surface area contributed by atoms with Crippen LogP contribution in [-0.2, 0) is 25.9 Å². The Hall–Kier alpha value is -4.10. The smallest absolute Gasteiger partial charge is 0.419 e. The molecule has 1 fully saturated rings. The van der Waals surface area contributed by atoms with Crippen LogP contribution in [0.25, 0.3) is 33.8 Å². The van der Waals surface area contributed by atoms with Crippen LogP contribution in [-0.4, -0.2) is 47.4 Å². The van der Waals surface area contributed by atoms with Crippen molar-refractivity contribution in [1.82, 2.24) is 15.5 Å². The van der Waals surface area contributed by atoms with Crippen LogP contribution in [0.15, 0.2) is 51.4 Å². The Bertz CT molecular complexity index is 1640. The van der Waals surface area contributed by atoms with Crippen LogP contribution in [0.4, 0.5) is 18.0 Å². The largest absolute Gasteiger partial charge is 0.493 e. The second-order valence-corrected chi connectivity index (χ2v) is 12.0. The van der Waals surface area contributed by atoms with Crippen LogP contribution in [0.5, 0.6) is 5.75 Å². The summed E-state index contributed by atoms with van der Waals surface area (Å²) in [7, 11) is 0. The maximum atomic E-state index is 13.7. The summed E-state index contributed by atoms with van der Waals surface area (Å²) in [6.07, 6.45) is -4.73. The first-order valence-electron chi connectivity index (χ1n) is 14.1. The van der Waals surface area contributed by atoms with E-state index in [0.717, 1.165) is 6.07 Å². The summed E-state index contributed by atoms with van der Waals surface area (Å²) in [5, 5.41) is 7.51. The zero-order chi connectivity index (χ0) is 31.9. The third kappa shape index (κ3) is 6.83. The van der Waals surface area contributed by atoms with Gasteiger partial charge in [0.05, 0.1) is 25.4 Å². The minimum absolute atomic E-state index is 0.0578. The molecule has 0 radical (unpaired) electrons. The molecule has 3 heterocycles. The number of carbonyl (C=O) groups is 1. The first-order valence-corrected chi connectivity index (χ1v) is 14.1. The Kier molecular flexibility index (Phi) is 8.14. The molecule has 0 spiro atoms. The quantitative estimate of drug-likeness (QED) is 0.225. The maximum Gasteiger partial charge on any atom is 0.419 e. The number of carbonyl (C=O) groups excluding carboxylic acids is 1. The normalized spacial score (nSPS) is 16.6. The number of nitrogens with zero attached hydrogens (tertiary/aromatic N) is 2. The average Bonchev–Trinajstić information content (AvgIpc) is 3.59. The van der Waals surface area contributed by atoms with E-state index in [-0.39, 0.29) is 42.8 Å². The summed E-state index contributed by atoms with van der Waals surface area (Å²) in [5.41, 5.74) is -1.71. The summed E-state index contributed by atoms with van der Waals surface area (Å²) in [4.78, 5) is 17.1. The Morgan fingerprint density at radius 3 is 2.39 bits per heavy atom. The minimum Gasteiger partial charge on any atom is -0.493 e. The zero-order valence-corrected chi connectivity index (χ0v) is 25.3. The molecule has 44 heavy (non-hydrogen) atoms. The summed E-state index contributed by atoms with van der Waals surface area (Å²) >= 11 is 0. The van der Waals surface area contributed by atoms with Gasteiger partial charge >= 0.3 is 12.3 Å². The van der Waals surface area contributed by atoms with Crippen LogP contribution < -0.4 is 10.1 Å². The lowest BCUT2D eigenvalue weighted by Crippen LogP contribution is -2.59. The van der Waals surface area contributed by atoms with Crippen molar-refractivity contribution >= 4 is 17.1 Å². The Balaban J connectivity index is 1.44. The van der Waals surface area contributed by atoms with E-state index in [4.69, 9.17) is 27.9 Å². The van der Waals surface area contributed by atoms with Gasteiger partial charge in [-0.25, -0.2) is 4.79 Å². The first kappa shape index (κ1) is 31.3. The number of ether oxygens (including phenoxy) is 4. The van der Waals surface area contributed by atoms with E-state index >= 15 is 0 Å². The molecular weight excluding hydrogens is 583 g/mol. The van der Waals surface area contributed by atoms with Crippen LogP contribution >= 0.6 is 0 Å². The molecule has 10 nitrogen and oxygen atoms in total. The van der Waals surface area contributed by atoms with E-state index < -0.39 is 34.8 Å². The number of furan rings is 1. The van der Waals surface area contributed by atoms with Crippen molar-refractivity contribution in [3.05, 3.63) is 53.8 Å². The molecular formula is C31H34F3N3O7. The van der Waals surface area contributed by atoms with Gasteiger partial charge in [-0.05, 0) is 83.5 Å². The van der Waals surface area contributed by atoms with Crippen molar-refractivity contribution in [3.63, 3.8) is 0 Å². The third-order valence-corrected chi connectivity index (χ3v) is 6.74. The topological polar surface area (TPSA) is 118 Å². The molecule has 0 unspecified atom stereocenters. The Morgan fingerprint density at radius 1 is 1.02 bits per heavy atom. The molecule has 1 aliphatic rings. The summed E-state index contributed by atoms with van der Waals surface area (Å²) in [6.45, 7) is 10.9. The second kappa shape index (κ2) is 11.4. The monoisotopic (exact) mass is 617 g/mol. The van der Waals surface area contributed by atoms with Gasteiger partial charge in [0.1, 0.15) is 28.2 Å². The second-order valence-electron chi connectivity index (χ2n) is 12.0. The number of alkyl halides is 3.